The summed E-state index contributed by atoms with van der Waals surface area (Å²) in [7, 11) is 0. The number of amides is 1. The monoisotopic (exact) mass is 308 g/mol. The van der Waals surface area contributed by atoms with Crippen LogP contribution in [0.15, 0.2) is 24.3 Å². The van der Waals surface area contributed by atoms with E-state index in [-0.39, 0.29) is 43.9 Å². The summed E-state index contributed by atoms with van der Waals surface area (Å²) in [5.41, 5.74) is -1.33. The Bertz CT molecular complexity index is 607. The molecule has 1 saturated heterocycles. The number of carboxylic acids is 1. The largest absolute Gasteiger partial charge is 0.479 e. The maximum atomic E-state index is 12.2. The molecule has 0 bridgehead atoms. The number of piperidine rings is 1. The molecule has 8 nitrogen and oxygen atoms in total. The lowest BCUT2D eigenvalue weighted by atomic mass is 9.91. The van der Waals surface area contributed by atoms with Gasteiger partial charge < -0.3 is 15.1 Å². The van der Waals surface area contributed by atoms with Crippen molar-refractivity contribution in [2.75, 3.05) is 13.1 Å². The second-order valence-corrected chi connectivity index (χ2v) is 5.32. The molecular formula is C14H16N2O6. The van der Waals surface area contributed by atoms with Gasteiger partial charge >= 0.3 is 5.97 Å². The van der Waals surface area contributed by atoms with Gasteiger partial charge in [0.25, 0.3) is 5.69 Å². The van der Waals surface area contributed by atoms with Gasteiger partial charge in [-0.15, -0.1) is 0 Å². The topological polar surface area (TPSA) is 121 Å². The van der Waals surface area contributed by atoms with Crippen molar-refractivity contribution in [1.82, 2.24) is 4.90 Å². The third kappa shape index (κ3) is 3.40. The average molecular weight is 308 g/mol. The summed E-state index contributed by atoms with van der Waals surface area (Å²) in [6, 6.07) is 5.83. The molecule has 0 atom stereocenters. The molecule has 1 fully saturated rings. The number of hydrogen-bond donors (Lipinski definition) is 2. The third-order valence-corrected chi connectivity index (χ3v) is 3.82. The van der Waals surface area contributed by atoms with Crippen LogP contribution in [0, 0.1) is 10.1 Å². The van der Waals surface area contributed by atoms with Crippen molar-refractivity contribution < 1.29 is 24.7 Å². The van der Waals surface area contributed by atoms with Gasteiger partial charge in [-0.3, -0.25) is 14.9 Å². The number of nitrogens with zero attached hydrogens (tertiary/aromatic N) is 2. The van der Waals surface area contributed by atoms with E-state index in [0.717, 1.165) is 0 Å². The number of nitro groups is 1. The van der Waals surface area contributed by atoms with Crippen LogP contribution >= 0.6 is 0 Å². The molecule has 0 aliphatic carbocycles. The van der Waals surface area contributed by atoms with Gasteiger partial charge in [0.1, 0.15) is 0 Å². The Morgan fingerprint density at radius 2 is 1.95 bits per heavy atom. The molecule has 1 aromatic carbocycles. The number of aliphatic carboxylic acids is 1. The average Bonchev–Trinajstić information content (AvgIpc) is 2.48. The standard InChI is InChI=1S/C14H16N2O6/c17-12(9-10-2-1-3-11(8-10)16(21)22)15-6-4-14(20,5-7-15)13(18)19/h1-3,8,20H,4-7,9H2,(H,18,19). The number of carboxylic acid groups (broad SMARTS) is 1. The van der Waals surface area contributed by atoms with E-state index in [1.165, 1.54) is 23.1 Å². The lowest BCUT2D eigenvalue weighted by Crippen LogP contribution is -2.51. The number of rotatable bonds is 4. The van der Waals surface area contributed by atoms with Crippen LogP contribution in [0.4, 0.5) is 5.69 Å². The maximum Gasteiger partial charge on any atom is 0.335 e. The highest BCUT2D eigenvalue weighted by Crippen LogP contribution is 2.23. The molecule has 8 heteroatoms. The van der Waals surface area contributed by atoms with Crippen LogP contribution in [-0.2, 0) is 16.0 Å². The molecule has 0 radical (unpaired) electrons. The zero-order chi connectivity index (χ0) is 16.3. The molecule has 1 aliphatic rings. The fourth-order valence-electron chi connectivity index (χ4n) is 2.41. The van der Waals surface area contributed by atoms with Gasteiger partial charge in [0, 0.05) is 38.1 Å². The van der Waals surface area contributed by atoms with Crippen molar-refractivity contribution >= 4 is 17.6 Å². The smallest absolute Gasteiger partial charge is 0.335 e. The number of benzene rings is 1. The highest BCUT2D eigenvalue weighted by molar-refractivity contribution is 5.81. The predicted octanol–water partition coefficient (Wildman–Crippen LogP) is 0.575. The van der Waals surface area contributed by atoms with Crippen LogP contribution in [-0.4, -0.2) is 50.6 Å². The molecule has 22 heavy (non-hydrogen) atoms. The number of carbonyl (C=O) groups is 2. The van der Waals surface area contributed by atoms with Crippen molar-refractivity contribution in [2.24, 2.45) is 0 Å². The minimum absolute atomic E-state index is 0.00712. The lowest BCUT2D eigenvalue weighted by Gasteiger charge is -2.35. The highest BCUT2D eigenvalue weighted by atomic mass is 16.6. The van der Waals surface area contributed by atoms with Gasteiger partial charge in [0.2, 0.25) is 5.91 Å². The number of nitro benzene ring substituents is 1. The Labute approximate surface area is 126 Å². The molecule has 0 aromatic heterocycles. The van der Waals surface area contributed by atoms with E-state index in [2.05, 4.69) is 0 Å². The first-order valence-electron chi connectivity index (χ1n) is 6.79. The summed E-state index contributed by atoms with van der Waals surface area (Å²) in [6.45, 7) is 0.299. The first kappa shape index (κ1) is 15.9. The van der Waals surface area contributed by atoms with Gasteiger partial charge in [-0.2, -0.15) is 0 Å². The summed E-state index contributed by atoms with van der Waals surface area (Å²) >= 11 is 0. The van der Waals surface area contributed by atoms with Crippen molar-refractivity contribution in [2.45, 2.75) is 24.9 Å². The SMILES string of the molecule is O=C(Cc1cccc([N+](=O)[O-])c1)N1CCC(O)(C(=O)O)CC1. The number of carbonyl (C=O) groups excluding carboxylic acids is 1. The van der Waals surface area contributed by atoms with E-state index in [4.69, 9.17) is 5.11 Å². The lowest BCUT2D eigenvalue weighted by molar-refractivity contribution is -0.384. The molecule has 1 aliphatic heterocycles. The van der Waals surface area contributed by atoms with Crippen LogP contribution in [0.3, 0.4) is 0 Å². The third-order valence-electron chi connectivity index (χ3n) is 3.82. The second kappa shape index (κ2) is 6.10. The highest BCUT2D eigenvalue weighted by Gasteiger charge is 2.40. The summed E-state index contributed by atoms with van der Waals surface area (Å²) in [6.07, 6.45) is -0.0425. The number of hydrogen-bond acceptors (Lipinski definition) is 5. The molecular weight excluding hydrogens is 292 g/mol. The summed E-state index contributed by atoms with van der Waals surface area (Å²) < 4.78 is 0. The first-order chi connectivity index (χ1) is 10.3. The Balaban J connectivity index is 1.98. The van der Waals surface area contributed by atoms with E-state index in [1.807, 2.05) is 0 Å². The van der Waals surface area contributed by atoms with Crippen molar-refractivity contribution in [3.8, 4) is 0 Å². The van der Waals surface area contributed by atoms with Gasteiger partial charge in [0.05, 0.1) is 11.3 Å². The van der Waals surface area contributed by atoms with Gasteiger partial charge in [-0.25, -0.2) is 4.79 Å². The van der Waals surface area contributed by atoms with E-state index < -0.39 is 16.5 Å². The van der Waals surface area contributed by atoms with Crippen molar-refractivity contribution in [3.05, 3.63) is 39.9 Å². The van der Waals surface area contributed by atoms with E-state index in [0.29, 0.717) is 5.56 Å². The fraction of sp³-hybridized carbons (Fsp3) is 0.429. The van der Waals surface area contributed by atoms with Gasteiger partial charge in [-0.05, 0) is 5.56 Å². The van der Waals surface area contributed by atoms with Gasteiger partial charge in [-0.1, -0.05) is 12.1 Å². The molecule has 2 rings (SSSR count). The summed E-state index contributed by atoms with van der Waals surface area (Å²) in [5, 5.41) is 29.4. The number of likely N-dealkylation sites (tertiary alicyclic amines) is 1. The normalized spacial score (nSPS) is 17.0. The van der Waals surface area contributed by atoms with Crippen LogP contribution < -0.4 is 0 Å². The van der Waals surface area contributed by atoms with E-state index in [1.54, 1.807) is 6.07 Å². The Morgan fingerprint density at radius 1 is 1.32 bits per heavy atom. The minimum atomic E-state index is -1.78. The first-order valence-corrected chi connectivity index (χ1v) is 6.79. The fourth-order valence-corrected chi connectivity index (χ4v) is 2.41. The molecule has 2 N–H and O–H groups in total. The summed E-state index contributed by atoms with van der Waals surface area (Å²) in [5.74, 6) is -1.52. The van der Waals surface area contributed by atoms with Crippen LogP contribution in [0.2, 0.25) is 0 Å². The minimum Gasteiger partial charge on any atom is -0.479 e. The van der Waals surface area contributed by atoms with E-state index in [9.17, 15) is 24.8 Å². The molecule has 1 aromatic rings. The quantitative estimate of drug-likeness (QED) is 0.619. The van der Waals surface area contributed by atoms with Gasteiger partial charge in [0.15, 0.2) is 5.60 Å². The Kier molecular flexibility index (Phi) is 4.41. The zero-order valence-corrected chi connectivity index (χ0v) is 11.8. The maximum absolute atomic E-state index is 12.2. The molecule has 0 saturated carbocycles. The second-order valence-electron chi connectivity index (χ2n) is 5.32. The van der Waals surface area contributed by atoms with Crippen LogP contribution in [0.1, 0.15) is 18.4 Å². The summed E-state index contributed by atoms with van der Waals surface area (Å²) in [4.78, 5) is 34.7. The number of aliphatic hydroxyl groups is 1. The van der Waals surface area contributed by atoms with E-state index >= 15 is 0 Å². The molecule has 1 amide bonds. The number of non-ortho nitro benzene ring substituents is 1. The molecule has 1 heterocycles. The molecule has 0 spiro atoms. The molecule has 0 unspecified atom stereocenters. The zero-order valence-electron chi connectivity index (χ0n) is 11.8. The Hall–Kier alpha value is -2.48. The van der Waals surface area contributed by atoms with Crippen molar-refractivity contribution in [1.29, 1.82) is 0 Å². The van der Waals surface area contributed by atoms with Crippen LogP contribution in [0.5, 0.6) is 0 Å². The molecule has 118 valence electrons. The Morgan fingerprint density at radius 3 is 2.50 bits per heavy atom. The van der Waals surface area contributed by atoms with Crippen LogP contribution in [0.25, 0.3) is 0 Å². The predicted molar refractivity (Wildman–Crippen MR) is 75.2 cm³/mol. The van der Waals surface area contributed by atoms with Crippen molar-refractivity contribution in [3.63, 3.8) is 0 Å².